The largest absolute Gasteiger partial charge is 0.481 e. The summed E-state index contributed by atoms with van der Waals surface area (Å²) >= 11 is 3.17. The van der Waals surface area contributed by atoms with Crippen LogP contribution in [0.2, 0.25) is 0 Å². The summed E-state index contributed by atoms with van der Waals surface area (Å²) in [5.41, 5.74) is 0. The zero-order chi connectivity index (χ0) is 15.8. The van der Waals surface area contributed by atoms with Crippen LogP contribution in [-0.2, 0) is 4.79 Å². The molecule has 0 radical (unpaired) electrons. The van der Waals surface area contributed by atoms with Crippen molar-refractivity contribution >= 4 is 34.2 Å². The van der Waals surface area contributed by atoms with Crippen molar-refractivity contribution in [2.45, 2.75) is 6.42 Å². The Bertz CT molecular complexity index is 502. The number of carbonyl (C=O) groups excluding carboxylic acids is 1. The average Bonchev–Trinajstić information content (AvgIpc) is 2.52. The minimum Gasteiger partial charge on any atom is -0.481 e. The molecule has 0 atom stereocenters. The van der Waals surface area contributed by atoms with E-state index in [9.17, 15) is 9.18 Å². The molecule has 1 heterocycles. The van der Waals surface area contributed by atoms with Gasteiger partial charge in [-0.15, -0.1) is 12.4 Å². The van der Waals surface area contributed by atoms with Crippen molar-refractivity contribution in [3.8, 4) is 5.75 Å². The molecule has 23 heavy (non-hydrogen) atoms. The molecule has 0 spiro atoms. The summed E-state index contributed by atoms with van der Waals surface area (Å²) in [5, 5.41) is 6.09. The maximum absolute atomic E-state index is 13.5. The van der Waals surface area contributed by atoms with Crippen molar-refractivity contribution in [3.05, 3.63) is 28.5 Å². The third-order valence-electron chi connectivity index (χ3n) is 3.44. The topological polar surface area (TPSA) is 53.6 Å². The lowest BCUT2D eigenvalue weighted by Gasteiger charge is -2.27. The molecular weight excluding hydrogens is 389 g/mol. The van der Waals surface area contributed by atoms with Gasteiger partial charge in [0.1, 0.15) is 0 Å². The van der Waals surface area contributed by atoms with E-state index in [2.05, 4.69) is 31.5 Å². The Balaban J connectivity index is 0.00000264. The summed E-state index contributed by atoms with van der Waals surface area (Å²) in [5.74, 6) is -0.636. The van der Waals surface area contributed by atoms with Crippen molar-refractivity contribution < 1.29 is 13.9 Å². The van der Waals surface area contributed by atoms with E-state index in [4.69, 9.17) is 4.74 Å². The second kappa shape index (κ2) is 10.8. The molecule has 1 aromatic carbocycles. The summed E-state index contributed by atoms with van der Waals surface area (Å²) in [6.45, 7) is 5.57. The predicted octanol–water partition coefficient (Wildman–Crippen LogP) is 1.80. The smallest absolute Gasteiger partial charge is 0.257 e. The molecule has 1 amide bonds. The van der Waals surface area contributed by atoms with E-state index in [1.54, 1.807) is 6.07 Å². The first-order valence-electron chi connectivity index (χ1n) is 7.43. The van der Waals surface area contributed by atoms with Crippen LogP contribution in [0.25, 0.3) is 0 Å². The summed E-state index contributed by atoms with van der Waals surface area (Å²) < 4.78 is 19.3. The lowest BCUT2D eigenvalue weighted by Crippen LogP contribution is -2.44. The number of nitrogens with zero attached hydrogens (tertiary/aromatic N) is 1. The zero-order valence-corrected chi connectivity index (χ0v) is 15.2. The van der Waals surface area contributed by atoms with E-state index in [1.807, 2.05) is 0 Å². The molecule has 0 saturated carbocycles. The molecular formula is C15H22BrClFN3O2. The summed E-state index contributed by atoms with van der Waals surface area (Å²) in [4.78, 5) is 14.0. The number of halogens is 3. The van der Waals surface area contributed by atoms with Crippen LogP contribution in [0.5, 0.6) is 5.75 Å². The summed E-state index contributed by atoms with van der Waals surface area (Å²) in [7, 11) is 0. The zero-order valence-electron chi connectivity index (χ0n) is 12.8. The van der Waals surface area contributed by atoms with Gasteiger partial charge in [-0.05, 0) is 31.2 Å². The van der Waals surface area contributed by atoms with Gasteiger partial charge < -0.3 is 20.3 Å². The van der Waals surface area contributed by atoms with Gasteiger partial charge in [0.05, 0.1) is 0 Å². The predicted molar refractivity (Wildman–Crippen MR) is 93.8 cm³/mol. The molecule has 0 unspecified atom stereocenters. The van der Waals surface area contributed by atoms with Gasteiger partial charge in [-0.2, -0.15) is 0 Å². The molecule has 2 rings (SSSR count). The Hall–Kier alpha value is -0.890. The Morgan fingerprint density at radius 3 is 2.83 bits per heavy atom. The van der Waals surface area contributed by atoms with Crippen LogP contribution in [0.1, 0.15) is 6.42 Å². The maximum atomic E-state index is 13.5. The van der Waals surface area contributed by atoms with Gasteiger partial charge >= 0.3 is 0 Å². The Morgan fingerprint density at radius 1 is 1.39 bits per heavy atom. The van der Waals surface area contributed by atoms with Crippen LogP contribution in [-0.4, -0.2) is 56.7 Å². The Morgan fingerprint density at radius 2 is 2.13 bits per heavy atom. The number of hydrogen-bond donors (Lipinski definition) is 2. The Labute approximate surface area is 150 Å². The number of rotatable bonds is 7. The quantitative estimate of drug-likeness (QED) is 0.673. The molecule has 1 saturated heterocycles. The van der Waals surface area contributed by atoms with Crippen LogP contribution in [0.15, 0.2) is 22.7 Å². The van der Waals surface area contributed by atoms with Gasteiger partial charge in [0.25, 0.3) is 5.91 Å². The molecule has 1 aliphatic rings. The fourth-order valence-corrected chi connectivity index (χ4v) is 2.58. The van der Waals surface area contributed by atoms with E-state index >= 15 is 0 Å². The van der Waals surface area contributed by atoms with Gasteiger partial charge in [0.2, 0.25) is 0 Å². The SMILES string of the molecule is Cl.O=C(COc1ccc(Br)cc1F)NCCCN1CCNCC1. The molecule has 5 nitrogen and oxygen atoms in total. The number of nitrogens with one attached hydrogen (secondary N) is 2. The summed E-state index contributed by atoms with van der Waals surface area (Å²) in [6, 6.07) is 4.47. The van der Waals surface area contributed by atoms with E-state index < -0.39 is 5.82 Å². The van der Waals surface area contributed by atoms with Gasteiger partial charge in [0, 0.05) is 37.2 Å². The first-order chi connectivity index (χ1) is 10.6. The number of ether oxygens (including phenoxy) is 1. The molecule has 0 aliphatic carbocycles. The molecule has 1 fully saturated rings. The van der Waals surface area contributed by atoms with Crippen molar-refractivity contribution in [1.82, 2.24) is 15.5 Å². The minimum absolute atomic E-state index is 0. The number of piperazine rings is 1. The second-order valence-electron chi connectivity index (χ2n) is 5.16. The third kappa shape index (κ3) is 7.48. The monoisotopic (exact) mass is 409 g/mol. The van der Waals surface area contributed by atoms with Gasteiger partial charge in [0.15, 0.2) is 18.2 Å². The molecule has 2 N–H and O–H groups in total. The van der Waals surface area contributed by atoms with E-state index in [1.165, 1.54) is 12.1 Å². The highest BCUT2D eigenvalue weighted by Crippen LogP contribution is 2.21. The maximum Gasteiger partial charge on any atom is 0.257 e. The molecule has 1 aromatic rings. The lowest BCUT2D eigenvalue weighted by molar-refractivity contribution is -0.123. The number of hydrogen-bond acceptors (Lipinski definition) is 4. The van der Waals surface area contributed by atoms with E-state index in [0.29, 0.717) is 11.0 Å². The van der Waals surface area contributed by atoms with Crippen molar-refractivity contribution in [2.75, 3.05) is 45.9 Å². The highest BCUT2D eigenvalue weighted by atomic mass is 79.9. The molecule has 0 bridgehead atoms. The number of benzene rings is 1. The molecule has 8 heteroatoms. The van der Waals surface area contributed by atoms with Crippen molar-refractivity contribution in [3.63, 3.8) is 0 Å². The number of carbonyl (C=O) groups is 1. The van der Waals surface area contributed by atoms with Crippen LogP contribution >= 0.6 is 28.3 Å². The van der Waals surface area contributed by atoms with Crippen molar-refractivity contribution in [2.24, 2.45) is 0 Å². The van der Waals surface area contributed by atoms with Gasteiger partial charge in [-0.3, -0.25) is 4.79 Å². The van der Waals surface area contributed by atoms with Gasteiger partial charge in [-0.1, -0.05) is 15.9 Å². The van der Waals surface area contributed by atoms with Crippen LogP contribution in [0.4, 0.5) is 4.39 Å². The minimum atomic E-state index is -0.485. The standard InChI is InChI=1S/C15H21BrFN3O2.ClH/c16-12-2-3-14(13(17)10-12)22-11-15(21)19-4-1-7-20-8-5-18-6-9-20;/h2-3,10,18H,1,4-9,11H2,(H,19,21);1H. The first-order valence-corrected chi connectivity index (χ1v) is 8.22. The van der Waals surface area contributed by atoms with Crippen LogP contribution in [0.3, 0.4) is 0 Å². The Kier molecular flexibility index (Phi) is 9.47. The second-order valence-corrected chi connectivity index (χ2v) is 6.07. The fourth-order valence-electron chi connectivity index (χ4n) is 2.25. The highest BCUT2D eigenvalue weighted by molar-refractivity contribution is 9.10. The first kappa shape index (κ1) is 20.2. The summed E-state index contributed by atoms with van der Waals surface area (Å²) in [6.07, 6.45) is 0.901. The molecule has 1 aliphatic heterocycles. The van der Waals surface area contributed by atoms with E-state index in [0.717, 1.165) is 39.1 Å². The van der Waals surface area contributed by atoms with E-state index in [-0.39, 0.29) is 30.7 Å². The molecule has 0 aromatic heterocycles. The van der Waals surface area contributed by atoms with Gasteiger partial charge in [-0.25, -0.2) is 4.39 Å². The number of amides is 1. The highest BCUT2D eigenvalue weighted by Gasteiger charge is 2.10. The van der Waals surface area contributed by atoms with Crippen LogP contribution in [0, 0.1) is 5.82 Å². The molecule has 130 valence electrons. The normalized spacial score (nSPS) is 14.9. The third-order valence-corrected chi connectivity index (χ3v) is 3.93. The fraction of sp³-hybridized carbons (Fsp3) is 0.533. The van der Waals surface area contributed by atoms with Crippen LogP contribution < -0.4 is 15.4 Å². The average molecular weight is 411 g/mol. The lowest BCUT2D eigenvalue weighted by atomic mass is 10.3. The van der Waals surface area contributed by atoms with Crippen molar-refractivity contribution in [1.29, 1.82) is 0 Å².